The van der Waals surface area contributed by atoms with Crippen molar-refractivity contribution in [1.82, 2.24) is 14.5 Å². The Morgan fingerprint density at radius 2 is 1.91 bits per heavy atom. The van der Waals surface area contributed by atoms with Crippen molar-refractivity contribution in [1.29, 1.82) is 0 Å². The summed E-state index contributed by atoms with van der Waals surface area (Å²) in [6.07, 6.45) is 2.83. The quantitative estimate of drug-likeness (QED) is 0.408. The minimum atomic E-state index is -0.572. The number of fused-ring (bicyclic) bond motifs is 1. The Bertz CT molecular complexity index is 1300. The second kappa shape index (κ2) is 8.94. The molecule has 2 heterocycles. The molecule has 0 bridgehead atoms. The van der Waals surface area contributed by atoms with Crippen LogP contribution >= 0.6 is 23.8 Å². The third kappa shape index (κ3) is 4.28. The number of hydrogen-bond acceptors (Lipinski definition) is 5. The van der Waals surface area contributed by atoms with E-state index < -0.39 is 6.09 Å². The molecule has 0 aliphatic rings. The predicted molar refractivity (Wildman–Crippen MR) is 131 cm³/mol. The number of nitrogens with zero attached hydrogens (tertiary/aromatic N) is 4. The minimum absolute atomic E-state index is 0.396. The van der Waals surface area contributed by atoms with Crippen LogP contribution in [-0.2, 0) is 4.74 Å². The molecule has 0 fully saturated rings. The molecule has 0 saturated carbocycles. The number of methoxy groups -OCH3 is 1. The summed E-state index contributed by atoms with van der Waals surface area (Å²) in [4.78, 5) is 22.8. The summed E-state index contributed by atoms with van der Waals surface area (Å²) in [5.41, 5.74) is 5.45. The SMILES string of the molecule is COC(=O)Nc1ccc(-n2cnc3c(C)cc(C(=S)N(C)c4ccc(Cl)cc4)cc32)cn1. The summed E-state index contributed by atoms with van der Waals surface area (Å²) in [7, 11) is 3.23. The van der Waals surface area contributed by atoms with Gasteiger partial charge in [-0.3, -0.25) is 9.88 Å². The van der Waals surface area contributed by atoms with Gasteiger partial charge in [0.05, 0.1) is 30.0 Å². The first kappa shape index (κ1) is 21.7. The molecule has 9 heteroatoms. The van der Waals surface area contributed by atoms with Crippen LogP contribution in [0.1, 0.15) is 11.1 Å². The molecule has 0 unspecified atom stereocenters. The lowest BCUT2D eigenvalue weighted by Crippen LogP contribution is -2.25. The van der Waals surface area contributed by atoms with Gasteiger partial charge in [0.25, 0.3) is 0 Å². The van der Waals surface area contributed by atoms with Crippen LogP contribution in [-0.4, -0.2) is 39.8 Å². The summed E-state index contributed by atoms with van der Waals surface area (Å²) >= 11 is 11.8. The van der Waals surface area contributed by atoms with Gasteiger partial charge >= 0.3 is 6.09 Å². The van der Waals surface area contributed by atoms with Crippen LogP contribution in [0.25, 0.3) is 16.7 Å². The summed E-state index contributed by atoms with van der Waals surface area (Å²) in [6.45, 7) is 2.01. The molecular weight excluding hydrogens is 446 g/mol. The Hall–Kier alpha value is -3.49. The van der Waals surface area contributed by atoms with E-state index in [0.29, 0.717) is 15.8 Å². The van der Waals surface area contributed by atoms with Crippen LogP contribution in [0.2, 0.25) is 5.02 Å². The van der Waals surface area contributed by atoms with E-state index in [-0.39, 0.29) is 0 Å². The molecule has 0 spiro atoms. The highest BCUT2D eigenvalue weighted by atomic mass is 35.5. The fourth-order valence-corrected chi connectivity index (χ4v) is 3.70. The maximum atomic E-state index is 11.4. The highest BCUT2D eigenvalue weighted by molar-refractivity contribution is 7.81. The van der Waals surface area contributed by atoms with Crippen molar-refractivity contribution >= 4 is 57.4 Å². The maximum Gasteiger partial charge on any atom is 0.412 e. The van der Waals surface area contributed by atoms with Gasteiger partial charge < -0.3 is 9.64 Å². The topological polar surface area (TPSA) is 72.3 Å². The smallest absolute Gasteiger partial charge is 0.412 e. The number of aromatic nitrogens is 3. The van der Waals surface area contributed by atoms with Crippen molar-refractivity contribution in [3.8, 4) is 5.69 Å². The maximum absolute atomic E-state index is 11.4. The van der Waals surface area contributed by atoms with Crippen LogP contribution in [0.3, 0.4) is 0 Å². The summed E-state index contributed by atoms with van der Waals surface area (Å²) in [5, 5.41) is 3.21. The summed E-state index contributed by atoms with van der Waals surface area (Å²) < 4.78 is 6.53. The van der Waals surface area contributed by atoms with Gasteiger partial charge in [0.15, 0.2) is 0 Å². The van der Waals surface area contributed by atoms with Gasteiger partial charge in [-0.25, -0.2) is 14.8 Å². The largest absolute Gasteiger partial charge is 0.453 e. The zero-order valence-corrected chi connectivity index (χ0v) is 19.2. The monoisotopic (exact) mass is 465 g/mol. The average molecular weight is 466 g/mol. The molecule has 2 aromatic carbocycles. The van der Waals surface area contributed by atoms with Gasteiger partial charge in [-0.1, -0.05) is 23.8 Å². The van der Waals surface area contributed by atoms with E-state index in [4.69, 9.17) is 23.8 Å². The molecule has 2 aromatic heterocycles. The Morgan fingerprint density at radius 3 is 2.56 bits per heavy atom. The van der Waals surface area contributed by atoms with E-state index in [9.17, 15) is 4.79 Å². The van der Waals surface area contributed by atoms with Gasteiger partial charge in [0, 0.05) is 23.3 Å². The molecule has 4 aromatic rings. The van der Waals surface area contributed by atoms with Crippen molar-refractivity contribution in [3.05, 3.63) is 77.2 Å². The molecule has 4 rings (SSSR count). The molecule has 0 aliphatic carbocycles. The predicted octanol–water partition coefficient (Wildman–Crippen LogP) is 5.37. The number of hydrogen-bond donors (Lipinski definition) is 1. The second-order valence-corrected chi connectivity index (χ2v) is 7.96. The lowest BCUT2D eigenvalue weighted by molar-refractivity contribution is 0.187. The van der Waals surface area contributed by atoms with Gasteiger partial charge in [0.2, 0.25) is 0 Å². The number of carbonyl (C=O) groups excluding carboxylic acids is 1. The molecule has 1 N–H and O–H groups in total. The Balaban J connectivity index is 1.69. The molecule has 0 atom stereocenters. The normalized spacial score (nSPS) is 10.8. The first-order valence-electron chi connectivity index (χ1n) is 9.70. The number of ether oxygens (including phenoxy) is 1. The fourth-order valence-electron chi connectivity index (χ4n) is 3.35. The molecule has 0 saturated heterocycles. The lowest BCUT2D eigenvalue weighted by atomic mass is 10.1. The van der Waals surface area contributed by atoms with Crippen molar-refractivity contribution in [3.63, 3.8) is 0 Å². The number of amides is 1. The van der Waals surface area contributed by atoms with E-state index in [1.165, 1.54) is 7.11 Å². The van der Waals surface area contributed by atoms with Gasteiger partial charge in [-0.2, -0.15) is 0 Å². The van der Waals surface area contributed by atoms with Crippen LogP contribution in [0, 0.1) is 6.92 Å². The molecule has 162 valence electrons. The van der Waals surface area contributed by atoms with E-state index in [1.807, 2.05) is 65.9 Å². The highest BCUT2D eigenvalue weighted by Gasteiger charge is 2.15. The molecule has 7 nitrogen and oxygen atoms in total. The standard InChI is InChI=1S/C23H20ClN5O2S/c1-14-10-15(22(32)28(2)17-6-4-16(24)5-7-17)11-19-21(14)26-13-29(19)18-8-9-20(25-12-18)27-23(30)31-3/h4-13H,1-3H3,(H,25,27,30). The number of halogens is 1. The van der Waals surface area contributed by atoms with Crippen LogP contribution in [0.15, 0.2) is 61.1 Å². The van der Waals surface area contributed by atoms with Crippen LogP contribution in [0.5, 0.6) is 0 Å². The third-order valence-electron chi connectivity index (χ3n) is 5.05. The van der Waals surface area contributed by atoms with Crippen molar-refractivity contribution in [2.24, 2.45) is 0 Å². The number of thiocarbonyl (C=S) groups is 1. The Labute approximate surface area is 195 Å². The van der Waals surface area contributed by atoms with E-state index >= 15 is 0 Å². The number of imidazole rings is 1. The molecule has 1 amide bonds. The molecule has 0 radical (unpaired) electrons. The average Bonchev–Trinajstić information content (AvgIpc) is 3.23. The first-order chi connectivity index (χ1) is 15.4. The molecule has 32 heavy (non-hydrogen) atoms. The van der Waals surface area contributed by atoms with Gasteiger partial charge in [-0.15, -0.1) is 0 Å². The fraction of sp³-hybridized carbons (Fsp3) is 0.130. The Morgan fingerprint density at radius 1 is 1.16 bits per heavy atom. The third-order valence-corrected chi connectivity index (χ3v) is 5.81. The zero-order valence-electron chi connectivity index (χ0n) is 17.7. The highest BCUT2D eigenvalue weighted by Crippen LogP contribution is 2.26. The van der Waals surface area contributed by atoms with Crippen LogP contribution in [0.4, 0.5) is 16.3 Å². The number of rotatable bonds is 4. The number of benzene rings is 2. The summed E-state index contributed by atoms with van der Waals surface area (Å²) in [5.74, 6) is 0.396. The first-order valence-corrected chi connectivity index (χ1v) is 10.5. The summed E-state index contributed by atoms with van der Waals surface area (Å²) in [6, 6.07) is 15.1. The van der Waals surface area contributed by atoms with Crippen molar-refractivity contribution < 1.29 is 9.53 Å². The van der Waals surface area contributed by atoms with Crippen molar-refractivity contribution in [2.75, 3.05) is 24.4 Å². The molecule has 0 aliphatic heterocycles. The number of pyridine rings is 1. The van der Waals surface area contributed by atoms with Gasteiger partial charge in [-0.05, 0) is 61.0 Å². The second-order valence-electron chi connectivity index (χ2n) is 7.13. The minimum Gasteiger partial charge on any atom is -0.453 e. The van der Waals surface area contributed by atoms with Crippen molar-refractivity contribution in [2.45, 2.75) is 6.92 Å². The number of nitrogens with one attached hydrogen (secondary N) is 1. The van der Waals surface area contributed by atoms with Gasteiger partial charge in [0.1, 0.15) is 17.1 Å². The van der Waals surface area contributed by atoms with Crippen LogP contribution < -0.4 is 10.2 Å². The zero-order chi connectivity index (χ0) is 22.8. The lowest BCUT2D eigenvalue weighted by Gasteiger charge is -2.21. The Kier molecular flexibility index (Phi) is 6.07. The number of anilines is 2. The van der Waals surface area contributed by atoms with E-state index in [2.05, 4.69) is 20.0 Å². The number of carbonyl (C=O) groups is 1. The molecular formula is C23H20ClN5O2S. The number of aryl methyl sites for hydroxylation is 1. The van der Waals surface area contributed by atoms with E-state index in [0.717, 1.165) is 33.5 Å². The van der Waals surface area contributed by atoms with E-state index in [1.54, 1.807) is 18.6 Å².